The fourth-order valence-corrected chi connectivity index (χ4v) is 8.10. The van der Waals surface area contributed by atoms with Gasteiger partial charge in [0.15, 0.2) is 33.5 Å². The van der Waals surface area contributed by atoms with E-state index in [1.54, 1.807) is 0 Å². The maximum Gasteiger partial charge on any atom is 1.00 e. The van der Waals surface area contributed by atoms with E-state index in [0.29, 0.717) is 24.4 Å². The first-order valence-corrected chi connectivity index (χ1v) is 16.5. The summed E-state index contributed by atoms with van der Waals surface area (Å²) < 4.78 is 47.3. The molecule has 3 N–H and O–H groups in total. The number of nitrogens with zero attached hydrogens (tertiary/aromatic N) is 5. The Labute approximate surface area is 311 Å². The van der Waals surface area contributed by atoms with Crippen molar-refractivity contribution in [3.05, 3.63) is 12.7 Å². The third-order valence-corrected chi connectivity index (χ3v) is 15.4. The second kappa shape index (κ2) is 16.5. The van der Waals surface area contributed by atoms with Gasteiger partial charge in [-0.3, -0.25) is 9.09 Å². The van der Waals surface area contributed by atoms with Crippen LogP contribution in [0.15, 0.2) is 12.7 Å². The van der Waals surface area contributed by atoms with Crippen LogP contribution in [0.3, 0.4) is 0 Å². The van der Waals surface area contributed by atoms with E-state index >= 15 is 0 Å². The molecule has 0 spiro atoms. The first-order valence-electron chi connectivity index (χ1n) is 10.3. The molecule has 3 heterocycles. The van der Waals surface area contributed by atoms with Crippen LogP contribution in [0.4, 0.5) is 5.82 Å². The number of alkyl halides is 2. The average Bonchev–Trinajstić information content (AvgIpc) is 3.33. The fourth-order valence-electron chi connectivity index (χ4n) is 3.40. The summed E-state index contributed by atoms with van der Waals surface area (Å²) in [6.07, 6.45) is -3.50. The van der Waals surface area contributed by atoms with Gasteiger partial charge in [0, 0.05) is 13.1 Å². The van der Waals surface area contributed by atoms with Crippen LogP contribution in [0, 0.1) is 0 Å². The summed E-state index contributed by atoms with van der Waals surface area (Å²) in [5.41, 5.74) is 0.640. The molecular formula is C15H21Br2N5Na3O12P3. The summed E-state index contributed by atoms with van der Waals surface area (Å²) in [5, 5.41) is 20.9. The Morgan fingerprint density at radius 2 is 1.65 bits per heavy atom. The van der Waals surface area contributed by atoms with Gasteiger partial charge >= 0.3 is 96.5 Å². The summed E-state index contributed by atoms with van der Waals surface area (Å²) in [4.78, 5) is 58.8. The van der Waals surface area contributed by atoms with Crippen molar-refractivity contribution >= 4 is 71.9 Å². The molecule has 0 radical (unpaired) electrons. The number of ether oxygens (including phenoxy) is 1. The zero-order valence-electron chi connectivity index (χ0n) is 21.9. The maximum atomic E-state index is 12.2. The van der Waals surface area contributed by atoms with Crippen LogP contribution in [0.1, 0.15) is 20.1 Å². The molecule has 0 aliphatic carbocycles. The van der Waals surface area contributed by atoms with E-state index < -0.39 is 56.9 Å². The minimum absolute atomic E-state index is 0. The third kappa shape index (κ3) is 9.13. The number of hydrogen-bond donors (Lipinski definition) is 3. The Bertz CT molecular complexity index is 1290. The van der Waals surface area contributed by atoms with E-state index in [-0.39, 0.29) is 94.3 Å². The number of rotatable bonds is 11. The Balaban J connectivity index is 0.00000507. The molecule has 40 heavy (non-hydrogen) atoms. The van der Waals surface area contributed by atoms with Gasteiger partial charge in [0.05, 0.1) is 12.9 Å². The van der Waals surface area contributed by atoms with Crippen molar-refractivity contribution < 1.29 is 146 Å². The predicted octanol–water partition coefficient (Wildman–Crippen LogP) is -9.69. The molecule has 1 saturated heterocycles. The second-order valence-electron chi connectivity index (χ2n) is 7.59. The maximum absolute atomic E-state index is 12.2. The monoisotopic (exact) mass is 783 g/mol. The normalized spacial score (nSPS) is 24.2. The van der Waals surface area contributed by atoms with Crippen LogP contribution < -0.4 is 108 Å². The number of hydrogen-bond acceptors (Lipinski definition) is 15. The minimum Gasteiger partial charge on any atom is -0.809 e. The Hall–Kier alpha value is 2.64. The van der Waals surface area contributed by atoms with Gasteiger partial charge < -0.3 is 48.6 Å². The van der Waals surface area contributed by atoms with Crippen molar-refractivity contribution in [3.8, 4) is 0 Å². The van der Waals surface area contributed by atoms with Gasteiger partial charge in [-0.2, -0.15) is 0 Å². The molecule has 0 saturated carbocycles. The molecule has 1 fully saturated rings. The molecule has 1 aliphatic heterocycles. The molecule has 6 atom stereocenters. The summed E-state index contributed by atoms with van der Waals surface area (Å²) >= 11 is 4.21. The first kappa shape index (κ1) is 42.6. The number of aliphatic hydroxyl groups excluding tert-OH is 2. The molecule has 2 aromatic heterocycles. The molecule has 0 amide bonds. The Morgan fingerprint density at radius 3 is 2.17 bits per heavy atom. The van der Waals surface area contributed by atoms with Crippen molar-refractivity contribution in [2.24, 2.45) is 0 Å². The summed E-state index contributed by atoms with van der Waals surface area (Å²) in [7, 11) is -17.5. The molecular weight excluding hydrogens is 764 g/mol. The molecule has 0 aromatic carbocycles. The van der Waals surface area contributed by atoms with Crippen LogP contribution in [-0.2, 0) is 27.3 Å². The summed E-state index contributed by atoms with van der Waals surface area (Å²) in [6.45, 7) is 4.11. The van der Waals surface area contributed by atoms with Crippen LogP contribution >= 0.6 is 54.9 Å². The SMILES string of the molecule is CCN(CC)c1ncnc2c1ncn2[C@@H]1O[C@@H](COP(=O)(O)OP(=O)([O-])C(Br)(Br)P(=O)([O-])[O-])[C@H](O)[C@@H]1O.[Na+].[Na+].[Na+]. The van der Waals surface area contributed by atoms with E-state index in [4.69, 9.17) is 4.74 Å². The summed E-state index contributed by atoms with van der Waals surface area (Å²) in [6, 6.07) is 0. The molecule has 2 unspecified atom stereocenters. The van der Waals surface area contributed by atoms with Crippen molar-refractivity contribution in [2.75, 3.05) is 24.6 Å². The third-order valence-electron chi connectivity index (χ3n) is 5.29. The van der Waals surface area contributed by atoms with Crippen molar-refractivity contribution in [1.82, 2.24) is 19.5 Å². The van der Waals surface area contributed by atoms with Crippen molar-refractivity contribution in [2.45, 2.75) is 41.1 Å². The minimum atomic E-state index is -5.98. The molecule has 25 heteroatoms. The number of phosphoric ester groups is 1. The van der Waals surface area contributed by atoms with Gasteiger partial charge in [-0.1, -0.05) is 31.9 Å². The molecule has 0 bridgehead atoms. The largest absolute Gasteiger partial charge is 1.00 e. The van der Waals surface area contributed by atoms with Gasteiger partial charge in [0.1, 0.15) is 24.6 Å². The van der Waals surface area contributed by atoms with E-state index in [1.165, 1.54) is 17.2 Å². The topological polar surface area (TPSA) is 256 Å². The van der Waals surface area contributed by atoms with E-state index in [0.717, 1.165) is 0 Å². The predicted molar refractivity (Wildman–Crippen MR) is 127 cm³/mol. The molecule has 3 rings (SSSR count). The van der Waals surface area contributed by atoms with Gasteiger partial charge in [0.25, 0.3) is 0 Å². The molecule has 2 aromatic rings. The van der Waals surface area contributed by atoms with Crippen LogP contribution in [0.5, 0.6) is 0 Å². The zero-order valence-corrected chi connectivity index (χ0v) is 33.8. The molecule has 1 aliphatic rings. The standard InChI is InChI=1S/C15H24Br2N5O12P3.3Na/c1-3-21(4-2)12-9-13(19-6-18-12)22(7-20-9)14-11(24)10(23)8(33-14)5-32-37(30,31)34-36(28,29)15(16,17)35(25,26)27;;;/h6-8,10-11,14,23-24H,3-5H2,1-2H3,(H,28,29)(H,30,31)(H2,25,26,27);;;/q;3*+1/p-3/t8-,10-,11-,14+;;;/m0.../s1. The van der Waals surface area contributed by atoms with Crippen LogP contribution in [-0.4, -0.2) is 75.3 Å². The number of aliphatic hydroxyl groups is 2. The fraction of sp³-hybridized carbons (Fsp3) is 0.667. The van der Waals surface area contributed by atoms with Gasteiger partial charge in [-0.25, -0.2) is 23.8 Å². The zero-order chi connectivity index (χ0) is 28.0. The van der Waals surface area contributed by atoms with Gasteiger partial charge in [-0.15, -0.1) is 0 Å². The van der Waals surface area contributed by atoms with Crippen LogP contribution in [0.2, 0.25) is 0 Å². The molecule has 210 valence electrons. The number of phosphoric acid groups is 1. The second-order valence-corrected chi connectivity index (χ2v) is 19.0. The van der Waals surface area contributed by atoms with Gasteiger partial charge in [-0.05, 0) is 21.4 Å². The smallest absolute Gasteiger partial charge is 0.809 e. The number of imidazole rings is 1. The van der Waals surface area contributed by atoms with Crippen LogP contribution in [0.25, 0.3) is 11.2 Å². The summed E-state index contributed by atoms with van der Waals surface area (Å²) in [5.74, 6) is 0.525. The first-order chi connectivity index (χ1) is 17.0. The van der Waals surface area contributed by atoms with E-state index in [2.05, 4.69) is 55.6 Å². The number of fused-ring (bicyclic) bond motifs is 1. The Kier molecular flexibility index (Phi) is 17.5. The van der Waals surface area contributed by atoms with E-state index in [1.807, 2.05) is 18.7 Å². The average molecular weight is 785 g/mol. The molecule has 17 nitrogen and oxygen atoms in total. The number of aromatic nitrogens is 4. The van der Waals surface area contributed by atoms with Crippen molar-refractivity contribution in [3.63, 3.8) is 0 Å². The quantitative estimate of drug-likeness (QED) is 0.109. The van der Waals surface area contributed by atoms with Gasteiger partial charge in [0.2, 0.25) is 0 Å². The number of halogens is 2. The number of anilines is 1. The Morgan fingerprint density at radius 1 is 1.07 bits per heavy atom. The van der Waals surface area contributed by atoms with Crippen molar-refractivity contribution in [1.29, 1.82) is 0 Å². The van der Waals surface area contributed by atoms with E-state index in [9.17, 15) is 43.5 Å².